The van der Waals surface area contributed by atoms with Crippen LogP contribution in [0.5, 0.6) is 5.75 Å². The molecule has 2 heterocycles. The number of carbonyl (C=O) groups excluding carboxylic acids is 1. The number of carboxylic acid groups (broad SMARTS) is 1. The summed E-state index contributed by atoms with van der Waals surface area (Å²) < 4.78 is 5.75. The van der Waals surface area contributed by atoms with E-state index in [1.807, 2.05) is 13.8 Å². The number of hydrogen-bond acceptors (Lipinski definition) is 5. The second-order valence-corrected chi connectivity index (χ2v) is 6.20. The molecule has 3 rings (SSSR count). The first-order chi connectivity index (χ1) is 11.9. The molecule has 1 aliphatic rings. The molecule has 2 aromatic rings. The van der Waals surface area contributed by atoms with Gasteiger partial charge in [-0.25, -0.2) is 9.78 Å². The summed E-state index contributed by atoms with van der Waals surface area (Å²) in [6, 6.07) is 10.5. The lowest BCUT2D eigenvalue weighted by atomic mass is 9.99. The number of nitrogens with zero attached hydrogens (tertiary/aromatic N) is 2. The molecule has 1 aromatic heterocycles. The average Bonchev–Trinajstić information content (AvgIpc) is 2.57. The van der Waals surface area contributed by atoms with Crippen molar-refractivity contribution in [2.45, 2.75) is 26.0 Å². The number of hydrogen-bond donors (Lipinski definition) is 2. The highest BCUT2D eigenvalue weighted by Crippen LogP contribution is 2.39. The fraction of sp³-hybridized carbons (Fsp3) is 0.278. The molecule has 0 spiro atoms. The van der Waals surface area contributed by atoms with Crippen molar-refractivity contribution in [1.29, 1.82) is 0 Å². The SMILES string of the molecule is CC(C)C1Oc2ccc(N)nc2N(C(C(=O)O)c2ccccc2)C1=O. The van der Waals surface area contributed by atoms with Gasteiger partial charge in [0.1, 0.15) is 5.82 Å². The van der Waals surface area contributed by atoms with E-state index >= 15 is 0 Å². The molecular weight excluding hydrogens is 322 g/mol. The van der Waals surface area contributed by atoms with Crippen LogP contribution in [0.15, 0.2) is 42.5 Å². The van der Waals surface area contributed by atoms with Gasteiger partial charge in [-0.15, -0.1) is 0 Å². The van der Waals surface area contributed by atoms with E-state index in [0.29, 0.717) is 11.3 Å². The molecular formula is C18H19N3O4. The largest absolute Gasteiger partial charge is 0.479 e. The maximum Gasteiger partial charge on any atom is 0.331 e. The van der Waals surface area contributed by atoms with Gasteiger partial charge in [0.25, 0.3) is 5.91 Å². The number of aromatic nitrogens is 1. The lowest BCUT2D eigenvalue weighted by molar-refractivity contribution is -0.142. The van der Waals surface area contributed by atoms with Crippen LogP contribution in [-0.4, -0.2) is 28.1 Å². The Morgan fingerprint density at radius 2 is 1.92 bits per heavy atom. The third kappa shape index (κ3) is 3.00. The minimum Gasteiger partial charge on any atom is -0.479 e. The van der Waals surface area contributed by atoms with E-state index in [4.69, 9.17) is 10.5 Å². The molecule has 1 aromatic carbocycles. The summed E-state index contributed by atoms with van der Waals surface area (Å²) in [6.07, 6.45) is -0.788. The number of nitrogen functional groups attached to an aromatic ring is 1. The molecule has 0 saturated heterocycles. The normalized spacial score (nSPS) is 17.8. The van der Waals surface area contributed by atoms with Crippen LogP contribution < -0.4 is 15.4 Å². The number of amides is 1. The lowest BCUT2D eigenvalue weighted by Crippen LogP contribution is -2.51. The molecule has 0 aliphatic carbocycles. The van der Waals surface area contributed by atoms with E-state index in [-0.39, 0.29) is 17.6 Å². The molecule has 0 saturated carbocycles. The summed E-state index contributed by atoms with van der Waals surface area (Å²) in [6.45, 7) is 3.68. The van der Waals surface area contributed by atoms with Crippen LogP contribution in [0.25, 0.3) is 0 Å². The molecule has 0 radical (unpaired) electrons. The molecule has 2 unspecified atom stereocenters. The van der Waals surface area contributed by atoms with Crippen molar-refractivity contribution in [3.63, 3.8) is 0 Å². The zero-order chi connectivity index (χ0) is 18.1. The van der Waals surface area contributed by atoms with Crippen LogP contribution >= 0.6 is 0 Å². The highest BCUT2D eigenvalue weighted by atomic mass is 16.5. The van der Waals surface area contributed by atoms with Gasteiger partial charge in [0, 0.05) is 0 Å². The molecule has 25 heavy (non-hydrogen) atoms. The Kier molecular flexibility index (Phi) is 4.31. The first-order valence-corrected chi connectivity index (χ1v) is 7.94. The minimum atomic E-state index is -1.22. The summed E-state index contributed by atoms with van der Waals surface area (Å²) in [7, 11) is 0. The highest BCUT2D eigenvalue weighted by Gasteiger charge is 2.43. The van der Waals surface area contributed by atoms with Gasteiger partial charge in [-0.2, -0.15) is 0 Å². The summed E-state index contributed by atoms with van der Waals surface area (Å²) in [5, 5.41) is 9.82. The molecule has 1 aliphatic heterocycles. The number of carboxylic acids is 1. The molecule has 2 atom stereocenters. The summed E-state index contributed by atoms with van der Waals surface area (Å²) >= 11 is 0. The van der Waals surface area contributed by atoms with Gasteiger partial charge in [0.2, 0.25) is 0 Å². The molecule has 0 bridgehead atoms. The number of anilines is 2. The summed E-state index contributed by atoms with van der Waals surface area (Å²) in [4.78, 5) is 30.4. The Labute approximate surface area is 145 Å². The zero-order valence-corrected chi connectivity index (χ0v) is 13.9. The fourth-order valence-electron chi connectivity index (χ4n) is 2.85. The van der Waals surface area contributed by atoms with Crippen LogP contribution in [0.4, 0.5) is 11.6 Å². The molecule has 3 N–H and O–H groups in total. The Balaban J connectivity index is 2.18. The number of ether oxygens (including phenoxy) is 1. The van der Waals surface area contributed by atoms with Crippen molar-refractivity contribution in [2.24, 2.45) is 5.92 Å². The molecule has 130 valence electrons. The van der Waals surface area contributed by atoms with Crippen molar-refractivity contribution < 1.29 is 19.4 Å². The van der Waals surface area contributed by atoms with Gasteiger partial charge in [-0.05, 0) is 23.6 Å². The Bertz CT molecular complexity index is 807. The lowest BCUT2D eigenvalue weighted by Gasteiger charge is -2.38. The third-order valence-electron chi connectivity index (χ3n) is 4.04. The zero-order valence-electron chi connectivity index (χ0n) is 13.9. The van der Waals surface area contributed by atoms with E-state index in [0.717, 1.165) is 0 Å². The van der Waals surface area contributed by atoms with E-state index in [1.165, 1.54) is 4.90 Å². The predicted molar refractivity (Wildman–Crippen MR) is 92.2 cm³/mol. The number of benzene rings is 1. The van der Waals surface area contributed by atoms with Crippen LogP contribution in [0.3, 0.4) is 0 Å². The van der Waals surface area contributed by atoms with Gasteiger partial charge >= 0.3 is 5.97 Å². The molecule has 7 nitrogen and oxygen atoms in total. The van der Waals surface area contributed by atoms with Crippen LogP contribution in [0.1, 0.15) is 25.5 Å². The maximum absolute atomic E-state index is 13.0. The monoisotopic (exact) mass is 341 g/mol. The number of aliphatic carboxylic acids is 1. The van der Waals surface area contributed by atoms with Crippen molar-refractivity contribution in [3.05, 3.63) is 48.0 Å². The Hall–Kier alpha value is -3.09. The van der Waals surface area contributed by atoms with Crippen LogP contribution in [0.2, 0.25) is 0 Å². The highest BCUT2D eigenvalue weighted by molar-refractivity contribution is 6.04. The summed E-state index contributed by atoms with van der Waals surface area (Å²) in [5.74, 6) is -1.09. The van der Waals surface area contributed by atoms with E-state index in [2.05, 4.69) is 4.98 Å². The van der Waals surface area contributed by atoms with Crippen molar-refractivity contribution in [2.75, 3.05) is 10.6 Å². The van der Waals surface area contributed by atoms with Crippen LogP contribution in [-0.2, 0) is 9.59 Å². The van der Waals surface area contributed by atoms with Crippen molar-refractivity contribution >= 4 is 23.5 Å². The second kappa shape index (κ2) is 6.43. The standard InChI is InChI=1S/C18H19N3O4/c1-10(2)15-17(22)21(16-12(25-15)8-9-13(19)20-16)14(18(23)24)11-6-4-3-5-7-11/h3-10,14-15H,1-2H3,(H2,19,20)(H,23,24). The predicted octanol–water partition coefficient (Wildman–Crippen LogP) is 2.24. The summed E-state index contributed by atoms with van der Waals surface area (Å²) in [5.41, 5.74) is 6.22. The van der Waals surface area contributed by atoms with Gasteiger partial charge < -0.3 is 15.6 Å². The van der Waals surface area contributed by atoms with Gasteiger partial charge in [-0.3, -0.25) is 9.69 Å². The number of fused-ring (bicyclic) bond motifs is 1. The smallest absolute Gasteiger partial charge is 0.331 e. The number of nitrogens with two attached hydrogens (primary N) is 1. The maximum atomic E-state index is 13.0. The molecule has 1 amide bonds. The first-order valence-electron chi connectivity index (χ1n) is 7.94. The van der Waals surface area contributed by atoms with Gasteiger partial charge in [0.15, 0.2) is 23.7 Å². The minimum absolute atomic E-state index is 0.123. The van der Waals surface area contributed by atoms with E-state index in [9.17, 15) is 14.7 Å². The van der Waals surface area contributed by atoms with Gasteiger partial charge in [0.05, 0.1) is 0 Å². The Morgan fingerprint density at radius 3 is 2.52 bits per heavy atom. The van der Waals surface area contributed by atoms with Gasteiger partial charge in [-0.1, -0.05) is 44.2 Å². The van der Waals surface area contributed by atoms with Crippen LogP contribution in [0, 0.1) is 5.92 Å². The molecule has 0 fully saturated rings. The molecule has 7 heteroatoms. The average molecular weight is 341 g/mol. The van der Waals surface area contributed by atoms with Crippen molar-refractivity contribution in [3.8, 4) is 5.75 Å². The first kappa shape index (κ1) is 16.8. The quantitative estimate of drug-likeness (QED) is 0.883. The fourth-order valence-corrected chi connectivity index (χ4v) is 2.85. The van der Waals surface area contributed by atoms with Crippen molar-refractivity contribution in [1.82, 2.24) is 4.98 Å². The second-order valence-electron chi connectivity index (χ2n) is 6.20. The number of rotatable bonds is 4. The van der Waals surface area contributed by atoms with E-state index < -0.39 is 24.0 Å². The topological polar surface area (TPSA) is 106 Å². The van der Waals surface area contributed by atoms with E-state index in [1.54, 1.807) is 42.5 Å². The third-order valence-corrected chi connectivity index (χ3v) is 4.04. The number of carbonyl (C=O) groups is 2. The Morgan fingerprint density at radius 1 is 1.24 bits per heavy atom. The number of pyridine rings is 1.